The highest BCUT2D eigenvalue weighted by Gasteiger charge is 2.37. The van der Waals surface area contributed by atoms with Gasteiger partial charge in [0.25, 0.3) is 0 Å². The third-order valence-electron chi connectivity index (χ3n) is 3.77. The topological polar surface area (TPSA) is 37.4 Å². The van der Waals surface area contributed by atoms with E-state index in [1.54, 1.807) is 18.7 Å². The van der Waals surface area contributed by atoms with Crippen molar-refractivity contribution >= 4 is 19.5 Å². The van der Waals surface area contributed by atoms with Crippen LogP contribution in [0.1, 0.15) is 59.3 Å². The second-order valence-corrected chi connectivity index (χ2v) is 5.64. The fourth-order valence-electron chi connectivity index (χ4n) is 2.58. The normalized spacial score (nSPS) is 23.5. The summed E-state index contributed by atoms with van der Waals surface area (Å²) in [5, 5.41) is -0.832. The van der Waals surface area contributed by atoms with E-state index in [0.717, 1.165) is 32.1 Å². The van der Waals surface area contributed by atoms with Crippen molar-refractivity contribution in [1.82, 2.24) is 4.90 Å². The lowest BCUT2D eigenvalue weighted by Gasteiger charge is -2.39. The molecule has 100 valence electrons. The Morgan fingerprint density at radius 2 is 2.06 bits per heavy atom. The van der Waals surface area contributed by atoms with Crippen LogP contribution in [0.2, 0.25) is 5.31 Å². The number of rotatable bonds is 5. The number of unbranched alkanes of at least 4 members (excludes halogenated alkanes) is 1. The zero-order valence-electron chi connectivity index (χ0n) is 11.9. The van der Waals surface area contributed by atoms with Gasteiger partial charge in [-0.1, -0.05) is 26.7 Å². The third-order valence-corrected chi connectivity index (χ3v) is 3.77. The first-order valence-electron chi connectivity index (χ1n) is 7.00. The maximum atomic E-state index is 12.5. The van der Waals surface area contributed by atoms with Crippen LogP contribution in [-0.2, 0) is 9.59 Å². The number of ketones is 1. The van der Waals surface area contributed by atoms with Crippen molar-refractivity contribution < 1.29 is 9.59 Å². The molecule has 1 aliphatic rings. The first kappa shape index (κ1) is 15.3. The highest BCUT2D eigenvalue weighted by Crippen LogP contribution is 2.33. The lowest BCUT2D eigenvalue weighted by atomic mass is 9.66. The summed E-state index contributed by atoms with van der Waals surface area (Å²) in [6.45, 7) is 6.11. The zero-order chi connectivity index (χ0) is 13.8. The molecule has 18 heavy (non-hydrogen) atoms. The van der Waals surface area contributed by atoms with Crippen molar-refractivity contribution in [3.63, 3.8) is 0 Å². The highest BCUT2D eigenvalue weighted by molar-refractivity contribution is 6.27. The molecule has 0 aromatic heterocycles. The second kappa shape index (κ2) is 6.39. The van der Waals surface area contributed by atoms with Crippen molar-refractivity contribution in [1.29, 1.82) is 0 Å². The molecule has 0 aromatic rings. The molecular formula is C14H24BNO2. The molecule has 0 N–H and O–H groups in total. The Kier molecular flexibility index (Phi) is 5.42. The van der Waals surface area contributed by atoms with Crippen molar-refractivity contribution in [3.8, 4) is 0 Å². The molecule has 0 spiro atoms. The van der Waals surface area contributed by atoms with E-state index in [0.29, 0.717) is 13.0 Å². The SMILES string of the molecule is [B]C(C)(CCCC)C(=O)N1CCCCC1C(C)=O. The molecule has 1 rings (SSSR count). The second-order valence-electron chi connectivity index (χ2n) is 5.64. The van der Waals surface area contributed by atoms with Crippen LogP contribution in [-0.4, -0.2) is 37.0 Å². The van der Waals surface area contributed by atoms with Gasteiger partial charge in [-0.25, -0.2) is 0 Å². The van der Waals surface area contributed by atoms with E-state index in [-0.39, 0.29) is 17.7 Å². The number of piperidine rings is 1. The number of hydrogen-bond donors (Lipinski definition) is 0. The van der Waals surface area contributed by atoms with E-state index in [1.165, 1.54) is 0 Å². The largest absolute Gasteiger partial charge is 0.333 e. The summed E-state index contributed by atoms with van der Waals surface area (Å²) in [5.74, 6) is 0.0187. The summed E-state index contributed by atoms with van der Waals surface area (Å²) in [6.07, 6.45) is 5.42. The molecule has 2 atom stereocenters. The minimum absolute atomic E-state index is 0.0594. The Morgan fingerprint density at radius 3 is 2.61 bits per heavy atom. The van der Waals surface area contributed by atoms with Crippen molar-refractivity contribution in [2.24, 2.45) is 0 Å². The Hall–Kier alpha value is -0.795. The summed E-state index contributed by atoms with van der Waals surface area (Å²) in [6, 6.07) is -0.254. The summed E-state index contributed by atoms with van der Waals surface area (Å²) in [5.41, 5.74) is 0. The molecule has 0 bridgehead atoms. The molecule has 2 unspecified atom stereocenters. The fourth-order valence-corrected chi connectivity index (χ4v) is 2.58. The summed E-state index contributed by atoms with van der Waals surface area (Å²) >= 11 is 0. The van der Waals surface area contributed by atoms with Gasteiger partial charge >= 0.3 is 0 Å². The summed E-state index contributed by atoms with van der Waals surface area (Å²) < 4.78 is 0. The van der Waals surface area contributed by atoms with Crippen LogP contribution < -0.4 is 0 Å². The van der Waals surface area contributed by atoms with Gasteiger partial charge in [-0.15, -0.1) is 0 Å². The number of carbonyl (C=O) groups is 2. The Bertz CT molecular complexity index is 315. The van der Waals surface area contributed by atoms with Gasteiger partial charge in [0, 0.05) is 11.9 Å². The van der Waals surface area contributed by atoms with Crippen molar-refractivity contribution in [2.45, 2.75) is 70.7 Å². The van der Waals surface area contributed by atoms with E-state index < -0.39 is 5.31 Å². The maximum Gasteiger partial charge on any atom is 0.220 e. The first-order chi connectivity index (χ1) is 8.40. The molecule has 0 saturated carbocycles. The number of likely N-dealkylation sites (tertiary alicyclic amines) is 1. The van der Waals surface area contributed by atoms with Crippen molar-refractivity contribution in [2.75, 3.05) is 6.54 Å². The van der Waals surface area contributed by atoms with E-state index in [2.05, 4.69) is 6.92 Å². The van der Waals surface area contributed by atoms with E-state index >= 15 is 0 Å². The average Bonchev–Trinajstić information content (AvgIpc) is 2.35. The van der Waals surface area contributed by atoms with Gasteiger partial charge in [-0.05, 0) is 32.6 Å². The maximum absolute atomic E-state index is 12.5. The van der Waals surface area contributed by atoms with Crippen LogP contribution in [0.25, 0.3) is 0 Å². The van der Waals surface area contributed by atoms with Gasteiger partial charge in [0.2, 0.25) is 5.91 Å². The quantitative estimate of drug-likeness (QED) is 0.702. The van der Waals surface area contributed by atoms with Gasteiger partial charge in [-0.2, -0.15) is 0 Å². The molecule has 3 nitrogen and oxygen atoms in total. The molecule has 1 aliphatic heterocycles. The van der Waals surface area contributed by atoms with Crippen LogP contribution in [0.4, 0.5) is 0 Å². The molecule has 1 heterocycles. The lowest BCUT2D eigenvalue weighted by molar-refractivity contribution is -0.143. The molecule has 1 amide bonds. The molecule has 2 radical (unpaired) electrons. The van der Waals surface area contributed by atoms with Gasteiger partial charge in [0.05, 0.1) is 13.9 Å². The van der Waals surface area contributed by atoms with Crippen LogP contribution in [0.15, 0.2) is 0 Å². The number of Topliss-reactive ketones (excluding diaryl/α,β-unsaturated/α-hetero) is 1. The monoisotopic (exact) mass is 249 g/mol. The van der Waals surface area contributed by atoms with Crippen LogP contribution in [0, 0.1) is 0 Å². The Labute approximate surface area is 112 Å². The third kappa shape index (κ3) is 3.60. The molecular weight excluding hydrogens is 225 g/mol. The highest BCUT2D eigenvalue weighted by atomic mass is 16.2. The van der Waals surface area contributed by atoms with Gasteiger partial charge < -0.3 is 4.90 Å². The van der Waals surface area contributed by atoms with Crippen LogP contribution in [0.5, 0.6) is 0 Å². The van der Waals surface area contributed by atoms with Crippen LogP contribution in [0.3, 0.4) is 0 Å². The number of nitrogens with zero attached hydrogens (tertiary/aromatic N) is 1. The van der Waals surface area contributed by atoms with Gasteiger partial charge in [0.1, 0.15) is 0 Å². The summed E-state index contributed by atoms with van der Waals surface area (Å²) in [7, 11) is 6.14. The minimum Gasteiger partial charge on any atom is -0.333 e. The summed E-state index contributed by atoms with van der Waals surface area (Å²) in [4.78, 5) is 25.8. The molecule has 4 heteroatoms. The number of amides is 1. The smallest absolute Gasteiger partial charge is 0.220 e. The molecule has 1 saturated heterocycles. The first-order valence-corrected chi connectivity index (χ1v) is 7.00. The standard InChI is InChI=1S/C14H24BNO2/c1-4-5-9-14(3,15)13(18)16-10-7-6-8-12(16)11(2)17/h12H,4-10H2,1-3H3. The van der Waals surface area contributed by atoms with Gasteiger partial charge in [0.15, 0.2) is 5.78 Å². The predicted molar refractivity (Wildman–Crippen MR) is 73.7 cm³/mol. The molecule has 0 aliphatic carbocycles. The number of hydrogen-bond acceptors (Lipinski definition) is 2. The van der Waals surface area contributed by atoms with E-state index in [1.807, 2.05) is 0 Å². The fraction of sp³-hybridized carbons (Fsp3) is 0.857. The minimum atomic E-state index is -0.832. The zero-order valence-corrected chi connectivity index (χ0v) is 11.9. The van der Waals surface area contributed by atoms with E-state index in [9.17, 15) is 9.59 Å². The predicted octanol–water partition coefficient (Wildman–Crippen LogP) is 2.49. The van der Waals surface area contributed by atoms with Gasteiger partial charge in [-0.3, -0.25) is 9.59 Å². The van der Waals surface area contributed by atoms with Crippen LogP contribution >= 0.6 is 0 Å². The molecule has 1 fully saturated rings. The van der Waals surface area contributed by atoms with E-state index in [4.69, 9.17) is 7.85 Å². The van der Waals surface area contributed by atoms with Crippen molar-refractivity contribution in [3.05, 3.63) is 0 Å². The molecule has 0 aromatic carbocycles. The Morgan fingerprint density at radius 1 is 1.39 bits per heavy atom. The average molecular weight is 249 g/mol. The Balaban J connectivity index is 2.76. The number of carbonyl (C=O) groups excluding carboxylic acids is 2. The lowest BCUT2D eigenvalue weighted by Crippen LogP contribution is -2.50.